The molecule has 5 heteroatoms. The second-order valence-electron chi connectivity index (χ2n) is 5.46. The summed E-state index contributed by atoms with van der Waals surface area (Å²) in [5.41, 5.74) is 0.667. The van der Waals surface area contributed by atoms with Crippen LogP contribution in [0.3, 0.4) is 0 Å². The van der Waals surface area contributed by atoms with Gasteiger partial charge in [-0.3, -0.25) is 4.79 Å². The molecule has 1 aliphatic rings. The Morgan fingerprint density at radius 2 is 2.40 bits per heavy atom. The number of carbonyl (C=O) groups excluding carboxylic acids is 1. The molecule has 0 saturated carbocycles. The first-order valence-electron chi connectivity index (χ1n) is 7.02. The van der Waals surface area contributed by atoms with Crippen LogP contribution in [0.15, 0.2) is 22.7 Å². The molecule has 0 radical (unpaired) electrons. The van der Waals surface area contributed by atoms with Crippen LogP contribution in [0.2, 0.25) is 5.02 Å². The Morgan fingerprint density at radius 1 is 1.60 bits per heavy atom. The van der Waals surface area contributed by atoms with E-state index in [1.165, 1.54) is 12.8 Å². The Balaban J connectivity index is 1.89. The van der Waals surface area contributed by atoms with E-state index in [1.807, 2.05) is 12.1 Å². The van der Waals surface area contributed by atoms with E-state index in [9.17, 15) is 4.79 Å². The van der Waals surface area contributed by atoms with Crippen LogP contribution >= 0.6 is 27.5 Å². The highest BCUT2D eigenvalue weighted by Gasteiger charge is 2.22. The molecule has 2 N–H and O–H groups in total. The number of carbonyl (C=O) groups is 1. The second-order valence-corrected chi connectivity index (χ2v) is 6.78. The van der Waals surface area contributed by atoms with Crippen LogP contribution in [0.1, 0.15) is 26.2 Å². The molecule has 110 valence electrons. The van der Waals surface area contributed by atoms with Crippen molar-refractivity contribution in [3.8, 4) is 0 Å². The number of piperidine rings is 1. The molecule has 20 heavy (non-hydrogen) atoms. The zero-order chi connectivity index (χ0) is 14.5. The van der Waals surface area contributed by atoms with Crippen molar-refractivity contribution in [2.75, 3.05) is 18.4 Å². The molecule has 2 atom stereocenters. The van der Waals surface area contributed by atoms with E-state index >= 15 is 0 Å². The molecule has 1 amide bonds. The quantitative estimate of drug-likeness (QED) is 0.851. The molecule has 2 rings (SSSR count). The summed E-state index contributed by atoms with van der Waals surface area (Å²) in [5.74, 6) is 1.00. The third-order valence-corrected chi connectivity index (χ3v) is 4.67. The van der Waals surface area contributed by atoms with Gasteiger partial charge in [-0.2, -0.15) is 0 Å². The summed E-state index contributed by atoms with van der Waals surface area (Å²) < 4.78 is 0.904. The molecule has 1 aliphatic heterocycles. The van der Waals surface area contributed by atoms with Gasteiger partial charge in [0.2, 0.25) is 5.91 Å². The van der Waals surface area contributed by atoms with Gasteiger partial charge in [0, 0.05) is 10.9 Å². The number of anilines is 1. The molecule has 0 aliphatic carbocycles. The lowest BCUT2D eigenvalue weighted by Gasteiger charge is -2.28. The van der Waals surface area contributed by atoms with Crippen LogP contribution in [-0.2, 0) is 4.79 Å². The predicted molar refractivity (Wildman–Crippen MR) is 87.2 cm³/mol. The fourth-order valence-corrected chi connectivity index (χ4v) is 3.14. The van der Waals surface area contributed by atoms with Crippen LogP contribution in [-0.4, -0.2) is 19.0 Å². The van der Waals surface area contributed by atoms with Crippen molar-refractivity contribution in [3.63, 3.8) is 0 Å². The molecule has 1 fully saturated rings. The van der Waals surface area contributed by atoms with Gasteiger partial charge in [0.15, 0.2) is 0 Å². The molecular formula is C15H20BrClN2O. The van der Waals surface area contributed by atoms with Gasteiger partial charge in [-0.1, -0.05) is 34.5 Å². The van der Waals surface area contributed by atoms with Gasteiger partial charge >= 0.3 is 0 Å². The van der Waals surface area contributed by atoms with E-state index < -0.39 is 0 Å². The minimum Gasteiger partial charge on any atom is -0.325 e. The van der Waals surface area contributed by atoms with Crippen LogP contribution < -0.4 is 10.6 Å². The van der Waals surface area contributed by atoms with E-state index in [4.69, 9.17) is 11.6 Å². The number of halogens is 2. The maximum absolute atomic E-state index is 12.1. The SMILES string of the molecule is CC(CC(=O)Nc1cc(Br)ccc1Cl)C1CCCNC1. The lowest BCUT2D eigenvalue weighted by atomic mass is 9.85. The Morgan fingerprint density at radius 3 is 3.10 bits per heavy atom. The largest absolute Gasteiger partial charge is 0.325 e. The van der Waals surface area contributed by atoms with Crippen molar-refractivity contribution in [1.82, 2.24) is 5.32 Å². The highest BCUT2D eigenvalue weighted by atomic mass is 79.9. The summed E-state index contributed by atoms with van der Waals surface area (Å²) in [6.07, 6.45) is 2.95. The average Bonchev–Trinajstić information content (AvgIpc) is 2.43. The second kappa shape index (κ2) is 7.43. The number of amides is 1. The molecular weight excluding hydrogens is 340 g/mol. The summed E-state index contributed by atoms with van der Waals surface area (Å²) >= 11 is 9.46. The van der Waals surface area contributed by atoms with Crippen molar-refractivity contribution < 1.29 is 4.79 Å². The number of rotatable bonds is 4. The molecule has 3 nitrogen and oxygen atoms in total. The van der Waals surface area contributed by atoms with Crippen molar-refractivity contribution in [1.29, 1.82) is 0 Å². The normalized spacial score (nSPS) is 20.4. The standard InChI is InChI=1S/C15H20BrClN2O/c1-10(11-3-2-6-18-9-11)7-15(20)19-14-8-12(16)4-5-13(14)17/h4-5,8,10-11,18H,2-3,6-7,9H2,1H3,(H,19,20). The smallest absolute Gasteiger partial charge is 0.224 e. The van der Waals surface area contributed by atoms with Gasteiger partial charge in [0.1, 0.15) is 0 Å². The zero-order valence-corrected chi connectivity index (χ0v) is 13.9. The van der Waals surface area contributed by atoms with Gasteiger partial charge in [0.25, 0.3) is 0 Å². The van der Waals surface area contributed by atoms with Gasteiger partial charge in [-0.15, -0.1) is 0 Å². The monoisotopic (exact) mass is 358 g/mol. The lowest BCUT2D eigenvalue weighted by Crippen LogP contribution is -2.34. The van der Waals surface area contributed by atoms with E-state index in [0.717, 1.165) is 17.6 Å². The zero-order valence-electron chi connectivity index (χ0n) is 11.6. The fourth-order valence-electron chi connectivity index (χ4n) is 2.62. The van der Waals surface area contributed by atoms with Crippen LogP contribution in [0.5, 0.6) is 0 Å². The Labute approximate surface area is 133 Å². The maximum atomic E-state index is 12.1. The topological polar surface area (TPSA) is 41.1 Å². The summed E-state index contributed by atoms with van der Waals surface area (Å²) in [6.45, 7) is 4.27. The summed E-state index contributed by atoms with van der Waals surface area (Å²) in [6, 6.07) is 5.46. The number of hydrogen-bond acceptors (Lipinski definition) is 2. The van der Waals surface area contributed by atoms with Crippen molar-refractivity contribution >= 4 is 39.1 Å². The predicted octanol–water partition coefficient (Wildman–Crippen LogP) is 4.07. The maximum Gasteiger partial charge on any atom is 0.224 e. The van der Waals surface area contributed by atoms with Crippen LogP contribution in [0.25, 0.3) is 0 Å². The number of hydrogen-bond donors (Lipinski definition) is 2. The fraction of sp³-hybridized carbons (Fsp3) is 0.533. The highest BCUT2D eigenvalue weighted by Crippen LogP contribution is 2.27. The Bertz CT molecular complexity index is 475. The first-order chi connectivity index (χ1) is 9.56. The van der Waals surface area contributed by atoms with Gasteiger partial charge in [-0.25, -0.2) is 0 Å². The van der Waals surface area contributed by atoms with Crippen molar-refractivity contribution in [2.45, 2.75) is 26.2 Å². The summed E-state index contributed by atoms with van der Waals surface area (Å²) in [4.78, 5) is 12.1. The van der Waals surface area contributed by atoms with E-state index in [-0.39, 0.29) is 5.91 Å². The summed E-state index contributed by atoms with van der Waals surface area (Å²) in [5, 5.41) is 6.86. The average molecular weight is 360 g/mol. The third kappa shape index (κ3) is 4.47. The summed E-state index contributed by atoms with van der Waals surface area (Å²) in [7, 11) is 0. The first-order valence-corrected chi connectivity index (χ1v) is 8.19. The molecule has 0 spiro atoms. The van der Waals surface area contributed by atoms with Gasteiger partial charge < -0.3 is 10.6 Å². The molecule has 1 aromatic rings. The van der Waals surface area contributed by atoms with E-state index in [0.29, 0.717) is 29.0 Å². The van der Waals surface area contributed by atoms with Crippen LogP contribution in [0.4, 0.5) is 5.69 Å². The highest BCUT2D eigenvalue weighted by molar-refractivity contribution is 9.10. The molecule has 1 saturated heterocycles. The lowest BCUT2D eigenvalue weighted by molar-refractivity contribution is -0.117. The number of benzene rings is 1. The Hall–Kier alpha value is -0.580. The van der Waals surface area contributed by atoms with Gasteiger partial charge in [0.05, 0.1) is 10.7 Å². The third-order valence-electron chi connectivity index (χ3n) is 3.85. The van der Waals surface area contributed by atoms with E-state index in [1.54, 1.807) is 6.07 Å². The number of nitrogens with one attached hydrogen (secondary N) is 2. The minimum absolute atomic E-state index is 0.0306. The van der Waals surface area contributed by atoms with Crippen molar-refractivity contribution in [3.05, 3.63) is 27.7 Å². The van der Waals surface area contributed by atoms with Gasteiger partial charge in [-0.05, 0) is 56.0 Å². The van der Waals surface area contributed by atoms with Crippen molar-refractivity contribution in [2.24, 2.45) is 11.8 Å². The molecule has 2 unspecified atom stereocenters. The van der Waals surface area contributed by atoms with E-state index in [2.05, 4.69) is 33.5 Å². The molecule has 1 aromatic carbocycles. The molecule has 0 aromatic heterocycles. The molecule has 1 heterocycles. The van der Waals surface area contributed by atoms with Crippen LogP contribution in [0, 0.1) is 11.8 Å². The minimum atomic E-state index is 0.0306. The first kappa shape index (κ1) is 15.8. The molecule has 0 bridgehead atoms. The Kier molecular flexibility index (Phi) is 5.87.